The molecule has 0 atom stereocenters. The van der Waals surface area contributed by atoms with E-state index in [-0.39, 0.29) is 5.91 Å². The fraction of sp³-hybridized carbons (Fsp3) is 0.417. The van der Waals surface area contributed by atoms with Crippen LogP contribution in [0.25, 0.3) is 0 Å². The van der Waals surface area contributed by atoms with Crippen LogP contribution in [0.4, 0.5) is 0 Å². The van der Waals surface area contributed by atoms with Crippen molar-refractivity contribution in [3.05, 3.63) is 27.3 Å². The third-order valence-corrected chi connectivity index (χ3v) is 3.68. The molecule has 1 aromatic rings. The summed E-state index contributed by atoms with van der Waals surface area (Å²) in [5, 5.41) is 0. The molecule has 0 aliphatic carbocycles. The first-order valence-corrected chi connectivity index (χ1v) is 6.43. The summed E-state index contributed by atoms with van der Waals surface area (Å²) in [6.45, 7) is 1.76. The lowest BCUT2D eigenvalue weighted by Gasteiger charge is -2.15. The van der Waals surface area contributed by atoms with E-state index in [0.717, 1.165) is 40.8 Å². The number of rotatable bonds is 2. The molecule has 1 aromatic carbocycles. The molecule has 0 aromatic heterocycles. The highest BCUT2D eigenvalue weighted by Crippen LogP contribution is 2.23. The van der Waals surface area contributed by atoms with Gasteiger partial charge in [0.1, 0.15) is 5.75 Å². The predicted molar refractivity (Wildman–Crippen MR) is 70.8 cm³/mol. The van der Waals surface area contributed by atoms with E-state index < -0.39 is 0 Å². The topological polar surface area (TPSA) is 29.5 Å². The smallest absolute Gasteiger partial charge is 0.253 e. The maximum Gasteiger partial charge on any atom is 0.253 e. The van der Waals surface area contributed by atoms with Gasteiger partial charge in [-0.1, -0.05) is 0 Å². The number of hydrogen-bond donors (Lipinski definition) is 0. The maximum atomic E-state index is 12.1. The first-order chi connectivity index (χ1) is 7.72. The third-order valence-electron chi connectivity index (χ3n) is 2.79. The molecule has 0 radical (unpaired) electrons. The van der Waals surface area contributed by atoms with E-state index in [9.17, 15) is 4.79 Å². The van der Waals surface area contributed by atoms with E-state index in [1.807, 2.05) is 23.1 Å². The minimum atomic E-state index is 0.118. The largest absolute Gasteiger partial charge is 0.496 e. The minimum absolute atomic E-state index is 0.118. The highest BCUT2D eigenvalue weighted by atomic mass is 127. The Balaban J connectivity index is 2.22. The molecule has 2 rings (SSSR count). The molecule has 4 heteroatoms. The molecule has 0 saturated carbocycles. The van der Waals surface area contributed by atoms with Gasteiger partial charge in [-0.25, -0.2) is 0 Å². The molecule has 0 unspecified atom stereocenters. The number of carbonyl (C=O) groups excluding carboxylic acids is 1. The van der Waals surface area contributed by atoms with E-state index >= 15 is 0 Å². The Bertz CT molecular complexity index is 400. The van der Waals surface area contributed by atoms with Crippen LogP contribution < -0.4 is 4.74 Å². The number of carbonyl (C=O) groups is 1. The lowest BCUT2D eigenvalue weighted by molar-refractivity contribution is 0.0792. The van der Waals surface area contributed by atoms with Crippen LogP contribution in [0, 0.1) is 3.57 Å². The van der Waals surface area contributed by atoms with E-state index in [1.54, 1.807) is 7.11 Å². The van der Waals surface area contributed by atoms with Crippen molar-refractivity contribution >= 4 is 28.5 Å². The van der Waals surface area contributed by atoms with Crippen LogP contribution in [0.15, 0.2) is 18.2 Å². The zero-order valence-electron chi connectivity index (χ0n) is 9.20. The normalized spacial score (nSPS) is 15.2. The number of methoxy groups -OCH3 is 1. The molecule has 1 aliphatic rings. The van der Waals surface area contributed by atoms with Crippen molar-refractivity contribution in [2.45, 2.75) is 12.8 Å². The number of likely N-dealkylation sites (tertiary alicyclic amines) is 1. The summed E-state index contributed by atoms with van der Waals surface area (Å²) in [4.78, 5) is 14.0. The quantitative estimate of drug-likeness (QED) is 0.780. The van der Waals surface area contributed by atoms with Gasteiger partial charge >= 0.3 is 0 Å². The number of halogens is 1. The van der Waals surface area contributed by atoms with Gasteiger partial charge in [0.15, 0.2) is 0 Å². The van der Waals surface area contributed by atoms with Crippen molar-refractivity contribution in [1.82, 2.24) is 4.90 Å². The summed E-state index contributed by atoms with van der Waals surface area (Å²) < 4.78 is 6.25. The second-order valence-corrected chi connectivity index (χ2v) is 5.01. The van der Waals surface area contributed by atoms with Crippen LogP contribution >= 0.6 is 22.6 Å². The number of amides is 1. The lowest BCUT2D eigenvalue weighted by atomic mass is 10.2. The molecule has 0 bridgehead atoms. The van der Waals surface area contributed by atoms with Crippen molar-refractivity contribution in [1.29, 1.82) is 0 Å². The molecule has 3 nitrogen and oxygen atoms in total. The van der Waals surface area contributed by atoms with Gasteiger partial charge < -0.3 is 9.64 Å². The Morgan fingerprint density at radius 3 is 2.69 bits per heavy atom. The van der Waals surface area contributed by atoms with Crippen molar-refractivity contribution in [2.75, 3.05) is 20.2 Å². The highest BCUT2D eigenvalue weighted by molar-refractivity contribution is 14.1. The van der Waals surface area contributed by atoms with Crippen LogP contribution in [-0.4, -0.2) is 31.0 Å². The average molecular weight is 331 g/mol. The predicted octanol–water partition coefficient (Wildman–Crippen LogP) is 2.54. The van der Waals surface area contributed by atoms with Gasteiger partial charge in [-0.2, -0.15) is 0 Å². The number of ether oxygens (including phenoxy) is 1. The fourth-order valence-corrected chi connectivity index (χ4v) is 2.45. The van der Waals surface area contributed by atoms with Gasteiger partial charge in [0.2, 0.25) is 0 Å². The van der Waals surface area contributed by atoms with E-state index in [4.69, 9.17) is 4.74 Å². The van der Waals surface area contributed by atoms with Gasteiger partial charge in [-0.05, 0) is 53.6 Å². The monoisotopic (exact) mass is 331 g/mol. The van der Waals surface area contributed by atoms with Crippen molar-refractivity contribution in [3.8, 4) is 5.75 Å². The van der Waals surface area contributed by atoms with Crippen LogP contribution in [0.3, 0.4) is 0 Å². The zero-order valence-corrected chi connectivity index (χ0v) is 11.4. The zero-order chi connectivity index (χ0) is 11.5. The molecular formula is C12H14INO2. The lowest BCUT2D eigenvalue weighted by Crippen LogP contribution is -2.27. The summed E-state index contributed by atoms with van der Waals surface area (Å²) in [6, 6.07) is 5.61. The first-order valence-electron chi connectivity index (χ1n) is 5.35. The van der Waals surface area contributed by atoms with Gasteiger partial charge in [-0.3, -0.25) is 4.79 Å². The highest BCUT2D eigenvalue weighted by Gasteiger charge is 2.20. The SMILES string of the molecule is COc1cc(C(=O)N2CCCC2)ccc1I. The van der Waals surface area contributed by atoms with Gasteiger partial charge in [0.05, 0.1) is 10.7 Å². The summed E-state index contributed by atoms with van der Waals surface area (Å²) in [7, 11) is 1.63. The van der Waals surface area contributed by atoms with E-state index in [2.05, 4.69) is 22.6 Å². The van der Waals surface area contributed by atoms with Crippen molar-refractivity contribution < 1.29 is 9.53 Å². The molecule has 86 valence electrons. The molecule has 1 aliphatic heterocycles. The Hall–Kier alpha value is -0.780. The Morgan fingerprint density at radius 1 is 1.38 bits per heavy atom. The molecule has 1 fully saturated rings. The van der Waals surface area contributed by atoms with Gasteiger partial charge in [-0.15, -0.1) is 0 Å². The maximum absolute atomic E-state index is 12.1. The summed E-state index contributed by atoms with van der Waals surface area (Å²) in [5.41, 5.74) is 0.721. The fourth-order valence-electron chi connectivity index (χ4n) is 1.90. The van der Waals surface area contributed by atoms with E-state index in [0.29, 0.717) is 0 Å². The van der Waals surface area contributed by atoms with E-state index in [1.165, 1.54) is 0 Å². The summed E-state index contributed by atoms with van der Waals surface area (Å²) in [6.07, 6.45) is 2.24. The molecule has 1 saturated heterocycles. The van der Waals surface area contributed by atoms with Crippen LogP contribution in [0.2, 0.25) is 0 Å². The summed E-state index contributed by atoms with van der Waals surface area (Å²) >= 11 is 2.20. The minimum Gasteiger partial charge on any atom is -0.496 e. The molecular weight excluding hydrogens is 317 g/mol. The van der Waals surface area contributed by atoms with Crippen molar-refractivity contribution in [3.63, 3.8) is 0 Å². The molecule has 16 heavy (non-hydrogen) atoms. The summed E-state index contributed by atoms with van der Waals surface area (Å²) in [5.74, 6) is 0.887. The van der Waals surface area contributed by atoms with Gasteiger partial charge in [0, 0.05) is 18.7 Å². The third kappa shape index (κ3) is 2.31. The first kappa shape index (κ1) is 11.7. The molecule has 1 amide bonds. The number of benzene rings is 1. The van der Waals surface area contributed by atoms with Crippen LogP contribution in [0.5, 0.6) is 5.75 Å². The molecule has 0 spiro atoms. The van der Waals surface area contributed by atoms with Crippen LogP contribution in [0.1, 0.15) is 23.2 Å². The Kier molecular flexibility index (Phi) is 3.68. The van der Waals surface area contributed by atoms with Gasteiger partial charge in [0.25, 0.3) is 5.91 Å². The average Bonchev–Trinajstić information content (AvgIpc) is 2.82. The second kappa shape index (κ2) is 5.03. The van der Waals surface area contributed by atoms with Crippen molar-refractivity contribution in [2.24, 2.45) is 0 Å². The Morgan fingerprint density at radius 2 is 2.06 bits per heavy atom. The standard InChI is InChI=1S/C12H14INO2/c1-16-11-8-9(4-5-10(11)13)12(15)14-6-2-3-7-14/h4-5,8H,2-3,6-7H2,1H3. The van der Waals surface area contributed by atoms with Crippen LogP contribution in [-0.2, 0) is 0 Å². The Labute approximate surface area is 109 Å². The second-order valence-electron chi connectivity index (χ2n) is 3.85. The molecule has 0 N–H and O–H groups in total. The number of hydrogen-bond acceptors (Lipinski definition) is 2. The molecule has 1 heterocycles. The number of nitrogens with zero attached hydrogens (tertiary/aromatic N) is 1.